The Bertz CT molecular complexity index is 696. The fraction of sp³-hybridized carbons (Fsp3) is 0.300. The molecule has 0 aromatic heterocycles. The standard InChI is InChI=1S/C20H24N2O2/c1-15(2)13-19(23)21-18-12-8-7-11-17(18)20(24)22(3)14-16-9-5-4-6-10-16/h4-12,15H,13-14H2,1-3H3,(H,21,23). The first-order valence-corrected chi connectivity index (χ1v) is 8.15. The highest BCUT2D eigenvalue weighted by Crippen LogP contribution is 2.19. The van der Waals surface area contributed by atoms with Crippen molar-refractivity contribution in [3.8, 4) is 0 Å². The molecule has 0 heterocycles. The summed E-state index contributed by atoms with van der Waals surface area (Å²) in [5.74, 6) is 0.0869. The number of amides is 2. The zero-order valence-corrected chi connectivity index (χ0v) is 14.5. The molecule has 0 saturated heterocycles. The van der Waals surface area contributed by atoms with E-state index in [4.69, 9.17) is 0 Å². The first kappa shape index (κ1) is 17.7. The van der Waals surface area contributed by atoms with Gasteiger partial charge in [-0.15, -0.1) is 0 Å². The third-order valence-corrected chi connectivity index (χ3v) is 3.63. The molecule has 0 aliphatic carbocycles. The molecule has 0 spiro atoms. The van der Waals surface area contributed by atoms with E-state index in [1.807, 2.05) is 56.3 Å². The van der Waals surface area contributed by atoms with Gasteiger partial charge in [0.1, 0.15) is 0 Å². The predicted octanol–water partition coefficient (Wildman–Crippen LogP) is 3.94. The molecule has 0 unspecified atom stereocenters. The van der Waals surface area contributed by atoms with Crippen LogP contribution in [0.2, 0.25) is 0 Å². The smallest absolute Gasteiger partial charge is 0.256 e. The maximum absolute atomic E-state index is 12.7. The number of hydrogen-bond donors (Lipinski definition) is 1. The van der Waals surface area contributed by atoms with Gasteiger partial charge in [0, 0.05) is 20.0 Å². The van der Waals surface area contributed by atoms with Crippen LogP contribution < -0.4 is 5.32 Å². The second-order valence-electron chi connectivity index (χ2n) is 6.34. The molecular weight excluding hydrogens is 300 g/mol. The summed E-state index contributed by atoms with van der Waals surface area (Å²) in [6.07, 6.45) is 0.433. The molecule has 4 heteroatoms. The number of nitrogens with zero attached hydrogens (tertiary/aromatic N) is 1. The van der Waals surface area contributed by atoms with Crippen LogP contribution >= 0.6 is 0 Å². The predicted molar refractivity (Wildman–Crippen MR) is 96.8 cm³/mol. The number of nitrogens with one attached hydrogen (secondary N) is 1. The largest absolute Gasteiger partial charge is 0.337 e. The van der Waals surface area contributed by atoms with Crippen molar-refractivity contribution in [3.63, 3.8) is 0 Å². The van der Waals surface area contributed by atoms with Gasteiger partial charge in [-0.2, -0.15) is 0 Å². The van der Waals surface area contributed by atoms with E-state index >= 15 is 0 Å². The van der Waals surface area contributed by atoms with Crippen molar-refractivity contribution in [2.24, 2.45) is 5.92 Å². The summed E-state index contributed by atoms with van der Waals surface area (Å²) in [6, 6.07) is 17.0. The third-order valence-electron chi connectivity index (χ3n) is 3.63. The third kappa shape index (κ3) is 4.95. The fourth-order valence-electron chi connectivity index (χ4n) is 2.49. The maximum Gasteiger partial charge on any atom is 0.256 e. The quantitative estimate of drug-likeness (QED) is 0.875. The molecule has 0 aliphatic heterocycles. The van der Waals surface area contributed by atoms with Crippen LogP contribution in [0.5, 0.6) is 0 Å². The summed E-state index contributed by atoms with van der Waals surface area (Å²) in [5.41, 5.74) is 2.13. The highest BCUT2D eigenvalue weighted by atomic mass is 16.2. The van der Waals surface area contributed by atoms with E-state index in [9.17, 15) is 9.59 Å². The summed E-state index contributed by atoms with van der Waals surface area (Å²) < 4.78 is 0. The monoisotopic (exact) mass is 324 g/mol. The van der Waals surface area contributed by atoms with E-state index in [1.54, 1.807) is 24.1 Å². The van der Waals surface area contributed by atoms with Crippen molar-refractivity contribution >= 4 is 17.5 Å². The Balaban J connectivity index is 2.12. The Kier molecular flexibility index (Phi) is 6.13. The highest BCUT2D eigenvalue weighted by molar-refractivity contribution is 6.03. The summed E-state index contributed by atoms with van der Waals surface area (Å²) in [7, 11) is 1.77. The van der Waals surface area contributed by atoms with Gasteiger partial charge >= 0.3 is 0 Å². The molecule has 0 bridgehead atoms. The number of rotatable bonds is 6. The van der Waals surface area contributed by atoms with Crippen molar-refractivity contribution in [1.29, 1.82) is 0 Å². The minimum absolute atomic E-state index is 0.0732. The summed E-state index contributed by atoms with van der Waals surface area (Å²) in [5, 5.41) is 2.86. The zero-order chi connectivity index (χ0) is 17.5. The number of para-hydroxylation sites is 1. The van der Waals surface area contributed by atoms with Gasteiger partial charge in [0.15, 0.2) is 0 Å². The molecular formula is C20H24N2O2. The Hall–Kier alpha value is -2.62. The van der Waals surface area contributed by atoms with Crippen molar-refractivity contribution < 1.29 is 9.59 Å². The van der Waals surface area contributed by atoms with Crippen molar-refractivity contribution in [1.82, 2.24) is 4.90 Å². The van der Waals surface area contributed by atoms with E-state index in [1.165, 1.54) is 0 Å². The molecule has 0 atom stereocenters. The van der Waals surface area contributed by atoms with E-state index < -0.39 is 0 Å². The molecule has 0 saturated carbocycles. The lowest BCUT2D eigenvalue weighted by molar-refractivity contribution is -0.116. The van der Waals surface area contributed by atoms with Crippen LogP contribution in [0.15, 0.2) is 54.6 Å². The minimum Gasteiger partial charge on any atom is -0.337 e. The Labute approximate surface area is 143 Å². The lowest BCUT2D eigenvalue weighted by Gasteiger charge is -2.19. The van der Waals surface area contributed by atoms with Gasteiger partial charge in [-0.25, -0.2) is 0 Å². The minimum atomic E-state index is -0.112. The van der Waals surface area contributed by atoms with Crippen LogP contribution in [0.1, 0.15) is 36.2 Å². The van der Waals surface area contributed by atoms with Crippen LogP contribution in [-0.4, -0.2) is 23.8 Å². The summed E-state index contributed by atoms with van der Waals surface area (Å²) in [4.78, 5) is 26.4. The summed E-state index contributed by atoms with van der Waals surface area (Å²) >= 11 is 0. The normalized spacial score (nSPS) is 10.5. The van der Waals surface area contributed by atoms with E-state index in [2.05, 4.69) is 5.32 Å². The highest BCUT2D eigenvalue weighted by Gasteiger charge is 2.17. The second-order valence-corrected chi connectivity index (χ2v) is 6.34. The molecule has 4 nitrogen and oxygen atoms in total. The molecule has 2 rings (SSSR count). The van der Waals surface area contributed by atoms with Gasteiger partial charge in [0.2, 0.25) is 5.91 Å². The lowest BCUT2D eigenvalue weighted by atomic mass is 10.1. The van der Waals surface area contributed by atoms with Crippen LogP contribution in [0, 0.1) is 5.92 Å². The molecule has 2 amide bonds. The van der Waals surface area contributed by atoms with Crippen molar-refractivity contribution in [2.45, 2.75) is 26.8 Å². The average Bonchev–Trinajstić information content (AvgIpc) is 2.55. The number of carbonyl (C=O) groups excluding carboxylic acids is 2. The van der Waals surface area contributed by atoms with Crippen molar-refractivity contribution in [2.75, 3.05) is 12.4 Å². The maximum atomic E-state index is 12.7. The molecule has 0 radical (unpaired) electrons. The van der Waals surface area contributed by atoms with Gasteiger partial charge in [0.05, 0.1) is 11.3 Å². The van der Waals surface area contributed by atoms with E-state index in [0.717, 1.165) is 5.56 Å². The second kappa shape index (κ2) is 8.29. The lowest BCUT2D eigenvalue weighted by Crippen LogP contribution is -2.27. The van der Waals surface area contributed by atoms with Crippen LogP contribution in [-0.2, 0) is 11.3 Å². The number of benzene rings is 2. The Morgan fingerprint density at radius 3 is 2.29 bits per heavy atom. The number of carbonyl (C=O) groups is 2. The fourth-order valence-corrected chi connectivity index (χ4v) is 2.49. The number of anilines is 1. The topological polar surface area (TPSA) is 49.4 Å². The SMILES string of the molecule is CC(C)CC(=O)Nc1ccccc1C(=O)N(C)Cc1ccccc1. The van der Waals surface area contributed by atoms with Gasteiger partial charge in [-0.1, -0.05) is 56.3 Å². The van der Waals surface area contributed by atoms with E-state index in [-0.39, 0.29) is 17.7 Å². The molecule has 126 valence electrons. The Morgan fingerprint density at radius 2 is 1.62 bits per heavy atom. The average molecular weight is 324 g/mol. The van der Waals surface area contributed by atoms with E-state index in [0.29, 0.717) is 24.2 Å². The molecule has 1 N–H and O–H groups in total. The molecule has 2 aromatic rings. The van der Waals surface area contributed by atoms with Gasteiger partial charge in [0.25, 0.3) is 5.91 Å². The van der Waals surface area contributed by atoms with Gasteiger partial charge in [-0.05, 0) is 23.6 Å². The van der Waals surface area contributed by atoms with Crippen molar-refractivity contribution in [3.05, 3.63) is 65.7 Å². The van der Waals surface area contributed by atoms with Gasteiger partial charge < -0.3 is 10.2 Å². The molecule has 0 fully saturated rings. The summed E-state index contributed by atoms with van der Waals surface area (Å²) in [6.45, 7) is 4.50. The first-order valence-electron chi connectivity index (χ1n) is 8.15. The van der Waals surface area contributed by atoms with Gasteiger partial charge in [-0.3, -0.25) is 9.59 Å². The Morgan fingerprint density at radius 1 is 1.00 bits per heavy atom. The van der Waals surface area contributed by atoms with Crippen LogP contribution in [0.4, 0.5) is 5.69 Å². The number of hydrogen-bond acceptors (Lipinski definition) is 2. The van der Waals surface area contributed by atoms with Crippen LogP contribution in [0.3, 0.4) is 0 Å². The molecule has 2 aromatic carbocycles. The van der Waals surface area contributed by atoms with Crippen LogP contribution in [0.25, 0.3) is 0 Å². The first-order chi connectivity index (χ1) is 11.5. The zero-order valence-electron chi connectivity index (χ0n) is 14.5. The molecule has 0 aliphatic rings. The molecule has 24 heavy (non-hydrogen) atoms.